The van der Waals surface area contributed by atoms with E-state index >= 15 is 0 Å². The molecule has 2 aromatic rings. The molecule has 0 aliphatic rings. The highest BCUT2D eigenvalue weighted by Crippen LogP contribution is 2.23. The summed E-state index contributed by atoms with van der Waals surface area (Å²) in [6.07, 6.45) is 0. The lowest BCUT2D eigenvalue weighted by molar-refractivity contribution is -0.383. The van der Waals surface area contributed by atoms with Crippen molar-refractivity contribution in [2.75, 3.05) is 11.9 Å². The van der Waals surface area contributed by atoms with E-state index in [-0.39, 0.29) is 27.2 Å². The van der Waals surface area contributed by atoms with Crippen LogP contribution in [0.2, 0.25) is 10.2 Å². The molecule has 0 aliphatic heterocycles. The van der Waals surface area contributed by atoms with E-state index < -0.39 is 23.4 Å². The van der Waals surface area contributed by atoms with Crippen molar-refractivity contribution in [3.63, 3.8) is 0 Å². The Kier molecular flexibility index (Phi) is 5.67. The number of nitro benzene ring substituents is 1. The SMILES string of the molecule is O=C(COC(=O)c1nc(Cl)ccc1Cl)Nc1ccccc1[N+](=O)[O-]. The van der Waals surface area contributed by atoms with E-state index in [1.165, 1.54) is 36.4 Å². The highest BCUT2D eigenvalue weighted by Gasteiger charge is 2.18. The molecule has 0 saturated carbocycles. The fourth-order valence-electron chi connectivity index (χ4n) is 1.69. The Morgan fingerprint density at radius 1 is 1.21 bits per heavy atom. The van der Waals surface area contributed by atoms with Gasteiger partial charge in [-0.15, -0.1) is 0 Å². The van der Waals surface area contributed by atoms with Crippen molar-refractivity contribution in [2.24, 2.45) is 0 Å². The van der Waals surface area contributed by atoms with Gasteiger partial charge in [0, 0.05) is 6.07 Å². The Labute approximate surface area is 145 Å². The third-order valence-electron chi connectivity index (χ3n) is 2.71. The van der Waals surface area contributed by atoms with Crippen molar-refractivity contribution in [1.82, 2.24) is 4.98 Å². The fourth-order valence-corrected chi connectivity index (χ4v) is 2.02. The number of pyridine rings is 1. The molecule has 8 nitrogen and oxygen atoms in total. The van der Waals surface area contributed by atoms with Crippen LogP contribution in [-0.2, 0) is 9.53 Å². The normalized spacial score (nSPS) is 10.1. The van der Waals surface area contributed by atoms with E-state index in [1.807, 2.05) is 0 Å². The topological polar surface area (TPSA) is 111 Å². The van der Waals surface area contributed by atoms with E-state index in [1.54, 1.807) is 0 Å². The lowest BCUT2D eigenvalue weighted by Gasteiger charge is -2.07. The summed E-state index contributed by atoms with van der Waals surface area (Å²) in [5, 5.41) is 13.2. The smallest absolute Gasteiger partial charge is 0.359 e. The monoisotopic (exact) mass is 369 g/mol. The molecule has 0 spiro atoms. The van der Waals surface area contributed by atoms with Gasteiger partial charge in [0.05, 0.1) is 9.95 Å². The summed E-state index contributed by atoms with van der Waals surface area (Å²) in [4.78, 5) is 37.5. The Bertz CT molecular complexity index is 813. The molecule has 0 radical (unpaired) electrons. The number of hydrogen-bond donors (Lipinski definition) is 1. The maximum Gasteiger partial charge on any atom is 0.359 e. The minimum Gasteiger partial charge on any atom is -0.451 e. The molecule has 1 aromatic heterocycles. The zero-order valence-corrected chi connectivity index (χ0v) is 13.4. The number of ether oxygens (including phenoxy) is 1. The second kappa shape index (κ2) is 7.71. The maximum absolute atomic E-state index is 11.8. The molecule has 1 amide bonds. The summed E-state index contributed by atoms with van der Waals surface area (Å²) in [6.45, 7) is -0.671. The molecule has 24 heavy (non-hydrogen) atoms. The number of anilines is 1. The first kappa shape index (κ1) is 17.6. The van der Waals surface area contributed by atoms with Crippen LogP contribution in [0.1, 0.15) is 10.5 Å². The molecule has 0 bridgehead atoms. The zero-order valence-electron chi connectivity index (χ0n) is 11.9. The van der Waals surface area contributed by atoms with Gasteiger partial charge in [0.25, 0.3) is 11.6 Å². The van der Waals surface area contributed by atoms with Gasteiger partial charge >= 0.3 is 5.97 Å². The Morgan fingerprint density at radius 3 is 2.62 bits per heavy atom. The highest BCUT2D eigenvalue weighted by atomic mass is 35.5. The van der Waals surface area contributed by atoms with Crippen LogP contribution in [0.25, 0.3) is 0 Å². The number of hydrogen-bond acceptors (Lipinski definition) is 6. The summed E-state index contributed by atoms with van der Waals surface area (Å²) in [5.74, 6) is -1.70. The van der Waals surface area contributed by atoms with Crippen molar-refractivity contribution in [3.8, 4) is 0 Å². The second-order valence-electron chi connectivity index (χ2n) is 4.36. The number of amides is 1. The Hall–Kier alpha value is -2.71. The number of rotatable bonds is 5. The number of para-hydroxylation sites is 2. The zero-order chi connectivity index (χ0) is 17.7. The Balaban J connectivity index is 2.00. The number of benzene rings is 1. The number of carbonyl (C=O) groups is 2. The van der Waals surface area contributed by atoms with E-state index in [9.17, 15) is 19.7 Å². The minimum absolute atomic E-state index is 0.0116. The number of nitro groups is 1. The van der Waals surface area contributed by atoms with Gasteiger partial charge in [-0.3, -0.25) is 14.9 Å². The lowest BCUT2D eigenvalue weighted by Crippen LogP contribution is -2.22. The summed E-state index contributed by atoms with van der Waals surface area (Å²) < 4.78 is 4.77. The molecule has 0 fully saturated rings. The standard InChI is InChI=1S/C14H9Cl2N3O5/c15-8-5-6-11(16)18-13(8)14(21)24-7-12(20)17-9-3-1-2-4-10(9)19(22)23/h1-6H,7H2,(H,17,20). The number of nitrogens with one attached hydrogen (secondary N) is 1. The van der Waals surface area contributed by atoms with E-state index in [2.05, 4.69) is 10.3 Å². The van der Waals surface area contributed by atoms with Crippen LogP contribution >= 0.6 is 23.2 Å². The lowest BCUT2D eigenvalue weighted by atomic mass is 10.2. The van der Waals surface area contributed by atoms with Gasteiger partial charge in [0.15, 0.2) is 12.3 Å². The molecule has 0 atom stereocenters. The minimum atomic E-state index is -0.944. The third kappa shape index (κ3) is 4.40. The molecule has 1 aromatic carbocycles. The van der Waals surface area contributed by atoms with E-state index in [4.69, 9.17) is 27.9 Å². The molecule has 0 saturated heterocycles. The average Bonchev–Trinajstić information content (AvgIpc) is 2.55. The van der Waals surface area contributed by atoms with Gasteiger partial charge in [0.1, 0.15) is 10.8 Å². The second-order valence-corrected chi connectivity index (χ2v) is 5.16. The number of aromatic nitrogens is 1. The first-order chi connectivity index (χ1) is 11.4. The molecule has 1 heterocycles. The maximum atomic E-state index is 11.8. The van der Waals surface area contributed by atoms with Crippen LogP contribution in [0, 0.1) is 10.1 Å². The van der Waals surface area contributed by atoms with Crippen LogP contribution in [0.5, 0.6) is 0 Å². The largest absolute Gasteiger partial charge is 0.451 e. The number of nitrogens with zero attached hydrogens (tertiary/aromatic N) is 2. The molecular formula is C14H9Cl2N3O5. The van der Waals surface area contributed by atoms with Crippen molar-refractivity contribution < 1.29 is 19.2 Å². The summed E-state index contributed by atoms with van der Waals surface area (Å²) in [7, 11) is 0. The number of esters is 1. The predicted octanol–water partition coefficient (Wildman–Crippen LogP) is 3.09. The quantitative estimate of drug-likeness (QED) is 0.375. The molecular weight excluding hydrogens is 361 g/mol. The van der Waals surface area contributed by atoms with Crippen molar-refractivity contribution >= 4 is 46.5 Å². The third-order valence-corrected chi connectivity index (χ3v) is 3.23. The van der Waals surface area contributed by atoms with Gasteiger partial charge < -0.3 is 10.1 Å². The van der Waals surface area contributed by atoms with Crippen molar-refractivity contribution in [1.29, 1.82) is 0 Å². The van der Waals surface area contributed by atoms with Crippen molar-refractivity contribution in [3.05, 3.63) is 62.4 Å². The summed E-state index contributed by atoms with van der Waals surface area (Å²) >= 11 is 11.5. The van der Waals surface area contributed by atoms with Crippen LogP contribution in [-0.4, -0.2) is 28.4 Å². The molecule has 0 unspecified atom stereocenters. The fraction of sp³-hybridized carbons (Fsp3) is 0.0714. The predicted molar refractivity (Wildman–Crippen MR) is 86.3 cm³/mol. The first-order valence-corrected chi connectivity index (χ1v) is 7.16. The van der Waals surface area contributed by atoms with Gasteiger partial charge in [-0.1, -0.05) is 35.3 Å². The Morgan fingerprint density at radius 2 is 1.92 bits per heavy atom. The van der Waals surface area contributed by atoms with Crippen LogP contribution in [0.3, 0.4) is 0 Å². The van der Waals surface area contributed by atoms with Gasteiger partial charge in [-0.2, -0.15) is 0 Å². The number of carbonyl (C=O) groups excluding carboxylic acids is 2. The van der Waals surface area contributed by atoms with Crippen molar-refractivity contribution in [2.45, 2.75) is 0 Å². The van der Waals surface area contributed by atoms with E-state index in [0.29, 0.717) is 0 Å². The van der Waals surface area contributed by atoms with Gasteiger partial charge in [-0.05, 0) is 18.2 Å². The summed E-state index contributed by atoms with van der Waals surface area (Å²) in [5.41, 5.74) is -0.526. The molecule has 2 rings (SSSR count). The molecule has 0 aliphatic carbocycles. The van der Waals surface area contributed by atoms with Gasteiger partial charge in [-0.25, -0.2) is 9.78 Å². The average molecular weight is 370 g/mol. The molecule has 10 heteroatoms. The highest BCUT2D eigenvalue weighted by molar-refractivity contribution is 6.34. The first-order valence-electron chi connectivity index (χ1n) is 6.41. The molecule has 1 N–H and O–H groups in total. The van der Waals surface area contributed by atoms with E-state index in [0.717, 1.165) is 0 Å². The summed E-state index contributed by atoms with van der Waals surface area (Å²) in [6, 6.07) is 8.32. The van der Waals surface area contributed by atoms with Crippen LogP contribution in [0.15, 0.2) is 36.4 Å². The van der Waals surface area contributed by atoms with Gasteiger partial charge in [0.2, 0.25) is 0 Å². The van der Waals surface area contributed by atoms with Crippen LogP contribution < -0.4 is 5.32 Å². The number of halogens is 2. The molecule has 124 valence electrons. The van der Waals surface area contributed by atoms with Crippen LogP contribution in [0.4, 0.5) is 11.4 Å².